The minimum absolute atomic E-state index is 0.172. The molecular weight excluding hydrogens is 384 g/mol. The highest BCUT2D eigenvalue weighted by atomic mass is 16.5. The Morgan fingerprint density at radius 1 is 1.10 bits per heavy atom. The Balaban J connectivity index is 1.82. The number of ether oxygens (including phenoxy) is 1. The van der Waals surface area contributed by atoms with Crippen LogP contribution in [-0.4, -0.2) is 33.4 Å². The standard InChI is InChI=1S/C22H22N4O4/c1-4-15-12-19(27)26-20(24-15)14-7-6-8-16(11-14)25-21(28)18-10-9-17(13(3)23-18)22(29)30-5-2/h6-12H,4-5H2,1-3H3,(H,25,28)(H,24,26,27). The number of nitrogens with one attached hydrogen (secondary N) is 2. The number of benzene rings is 1. The molecule has 0 aliphatic rings. The van der Waals surface area contributed by atoms with Crippen LogP contribution >= 0.6 is 0 Å². The number of hydrogen-bond acceptors (Lipinski definition) is 6. The van der Waals surface area contributed by atoms with Crippen molar-refractivity contribution in [3.05, 3.63) is 75.5 Å². The number of H-pyrrole nitrogens is 1. The van der Waals surface area contributed by atoms with E-state index in [1.165, 1.54) is 18.2 Å². The zero-order valence-electron chi connectivity index (χ0n) is 17.0. The molecule has 1 aromatic carbocycles. The highest BCUT2D eigenvalue weighted by molar-refractivity contribution is 6.03. The molecule has 3 aromatic rings. The third-order valence-corrected chi connectivity index (χ3v) is 4.36. The van der Waals surface area contributed by atoms with Gasteiger partial charge in [-0.1, -0.05) is 19.1 Å². The van der Waals surface area contributed by atoms with E-state index in [4.69, 9.17) is 4.74 Å². The van der Waals surface area contributed by atoms with Crippen LogP contribution in [0.25, 0.3) is 11.4 Å². The van der Waals surface area contributed by atoms with Crippen molar-refractivity contribution < 1.29 is 14.3 Å². The van der Waals surface area contributed by atoms with Crippen LogP contribution in [0.5, 0.6) is 0 Å². The summed E-state index contributed by atoms with van der Waals surface area (Å²) in [7, 11) is 0. The Hall–Kier alpha value is -3.81. The second-order valence-corrected chi connectivity index (χ2v) is 6.52. The third kappa shape index (κ3) is 4.78. The largest absolute Gasteiger partial charge is 0.462 e. The van der Waals surface area contributed by atoms with Gasteiger partial charge >= 0.3 is 5.97 Å². The van der Waals surface area contributed by atoms with Crippen molar-refractivity contribution in [2.75, 3.05) is 11.9 Å². The van der Waals surface area contributed by atoms with Crippen molar-refractivity contribution in [2.24, 2.45) is 0 Å². The number of aromatic nitrogens is 3. The van der Waals surface area contributed by atoms with E-state index in [1.54, 1.807) is 38.1 Å². The first-order chi connectivity index (χ1) is 14.4. The topological polar surface area (TPSA) is 114 Å². The fourth-order valence-electron chi connectivity index (χ4n) is 2.88. The summed E-state index contributed by atoms with van der Waals surface area (Å²) in [5.41, 5.74) is 2.55. The lowest BCUT2D eigenvalue weighted by Gasteiger charge is -2.09. The van der Waals surface area contributed by atoms with E-state index < -0.39 is 11.9 Å². The number of rotatable bonds is 6. The van der Waals surface area contributed by atoms with E-state index >= 15 is 0 Å². The van der Waals surface area contributed by atoms with Gasteiger partial charge in [-0.05, 0) is 44.5 Å². The van der Waals surface area contributed by atoms with Crippen LogP contribution in [0.2, 0.25) is 0 Å². The summed E-state index contributed by atoms with van der Waals surface area (Å²) in [4.78, 5) is 47.7. The average Bonchev–Trinajstić information content (AvgIpc) is 2.73. The molecule has 8 heteroatoms. The summed E-state index contributed by atoms with van der Waals surface area (Å²) in [6.45, 7) is 5.55. The Labute approximate surface area is 173 Å². The molecule has 0 fully saturated rings. The van der Waals surface area contributed by atoms with Crippen LogP contribution in [-0.2, 0) is 11.2 Å². The SMILES string of the molecule is CCOC(=O)c1ccc(C(=O)Nc2cccc(-c3nc(CC)cc(=O)[nH]3)c2)nc1C. The first-order valence-electron chi connectivity index (χ1n) is 9.58. The minimum Gasteiger partial charge on any atom is -0.462 e. The van der Waals surface area contributed by atoms with Gasteiger partial charge in [0, 0.05) is 23.0 Å². The number of carbonyl (C=O) groups excluding carboxylic acids is 2. The molecule has 2 heterocycles. The number of aryl methyl sites for hydroxylation is 2. The zero-order chi connectivity index (χ0) is 21.7. The molecule has 2 N–H and O–H groups in total. The summed E-state index contributed by atoms with van der Waals surface area (Å²) in [6.07, 6.45) is 0.639. The summed E-state index contributed by atoms with van der Waals surface area (Å²) < 4.78 is 4.97. The van der Waals surface area contributed by atoms with Crippen molar-refractivity contribution >= 4 is 17.6 Å². The number of aromatic amines is 1. The molecule has 1 amide bonds. The summed E-state index contributed by atoms with van der Waals surface area (Å²) in [5.74, 6) is -0.462. The number of anilines is 1. The summed E-state index contributed by atoms with van der Waals surface area (Å²) in [5, 5.41) is 2.78. The van der Waals surface area contributed by atoms with E-state index in [9.17, 15) is 14.4 Å². The molecule has 0 aliphatic carbocycles. The van der Waals surface area contributed by atoms with Crippen molar-refractivity contribution in [3.8, 4) is 11.4 Å². The third-order valence-electron chi connectivity index (χ3n) is 4.36. The molecule has 0 saturated carbocycles. The summed E-state index contributed by atoms with van der Waals surface area (Å²) in [6, 6.07) is 11.5. The molecule has 8 nitrogen and oxygen atoms in total. The van der Waals surface area contributed by atoms with Gasteiger partial charge < -0.3 is 15.0 Å². The zero-order valence-corrected chi connectivity index (χ0v) is 17.0. The number of amides is 1. The monoisotopic (exact) mass is 406 g/mol. The van der Waals surface area contributed by atoms with Gasteiger partial charge in [0.25, 0.3) is 11.5 Å². The lowest BCUT2D eigenvalue weighted by atomic mass is 10.1. The van der Waals surface area contributed by atoms with Gasteiger partial charge in [-0.3, -0.25) is 9.59 Å². The smallest absolute Gasteiger partial charge is 0.339 e. The molecule has 0 radical (unpaired) electrons. The molecule has 0 saturated heterocycles. The molecule has 0 unspecified atom stereocenters. The second kappa shape index (κ2) is 9.13. The van der Waals surface area contributed by atoms with E-state index in [0.717, 1.165) is 0 Å². The molecule has 2 aromatic heterocycles. The van der Waals surface area contributed by atoms with E-state index in [1.807, 2.05) is 6.92 Å². The normalized spacial score (nSPS) is 10.5. The Kier molecular flexibility index (Phi) is 6.36. The average molecular weight is 406 g/mol. The number of pyridine rings is 1. The van der Waals surface area contributed by atoms with Crippen molar-refractivity contribution in [2.45, 2.75) is 27.2 Å². The van der Waals surface area contributed by atoms with Gasteiger partial charge in [-0.25, -0.2) is 14.8 Å². The van der Waals surface area contributed by atoms with Crippen LogP contribution in [0.4, 0.5) is 5.69 Å². The van der Waals surface area contributed by atoms with Crippen LogP contribution in [0.1, 0.15) is 46.1 Å². The van der Waals surface area contributed by atoms with Gasteiger partial charge in [0.1, 0.15) is 11.5 Å². The first kappa shape index (κ1) is 20.9. The van der Waals surface area contributed by atoms with Crippen LogP contribution in [0.15, 0.2) is 47.3 Å². The predicted molar refractivity (Wildman–Crippen MR) is 113 cm³/mol. The molecule has 3 rings (SSSR count). The number of hydrogen-bond donors (Lipinski definition) is 2. The van der Waals surface area contributed by atoms with Crippen LogP contribution in [0, 0.1) is 6.92 Å². The van der Waals surface area contributed by atoms with Crippen molar-refractivity contribution in [1.29, 1.82) is 0 Å². The number of carbonyl (C=O) groups is 2. The maximum Gasteiger partial charge on any atom is 0.339 e. The molecule has 0 bridgehead atoms. The van der Waals surface area contributed by atoms with Crippen molar-refractivity contribution in [3.63, 3.8) is 0 Å². The van der Waals surface area contributed by atoms with Crippen molar-refractivity contribution in [1.82, 2.24) is 15.0 Å². The number of esters is 1. The Morgan fingerprint density at radius 2 is 1.90 bits per heavy atom. The molecular formula is C22H22N4O4. The van der Waals surface area contributed by atoms with Gasteiger partial charge in [0.05, 0.1) is 17.9 Å². The first-order valence-corrected chi connectivity index (χ1v) is 9.58. The Morgan fingerprint density at radius 3 is 2.60 bits per heavy atom. The minimum atomic E-state index is -0.474. The quantitative estimate of drug-likeness (QED) is 0.608. The van der Waals surface area contributed by atoms with Gasteiger partial charge in [-0.15, -0.1) is 0 Å². The highest BCUT2D eigenvalue weighted by Crippen LogP contribution is 2.20. The molecule has 154 valence electrons. The van der Waals surface area contributed by atoms with Crippen LogP contribution < -0.4 is 10.9 Å². The van der Waals surface area contributed by atoms with Crippen LogP contribution in [0.3, 0.4) is 0 Å². The molecule has 0 spiro atoms. The second-order valence-electron chi connectivity index (χ2n) is 6.52. The molecule has 0 aliphatic heterocycles. The van der Waals surface area contributed by atoms with E-state index in [2.05, 4.69) is 20.3 Å². The fourth-order valence-corrected chi connectivity index (χ4v) is 2.88. The highest BCUT2D eigenvalue weighted by Gasteiger charge is 2.15. The van der Waals surface area contributed by atoms with E-state index in [0.29, 0.717) is 40.4 Å². The lowest BCUT2D eigenvalue weighted by Crippen LogP contribution is -2.16. The summed E-state index contributed by atoms with van der Waals surface area (Å²) >= 11 is 0. The maximum absolute atomic E-state index is 12.6. The van der Waals surface area contributed by atoms with Gasteiger partial charge in [0.2, 0.25) is 0 Å². The van der Waals surface area contributed by atoms with Gasteiger partial charge in [0.15, 0.2) is 0 Å². The fraction of sp³-hybridized carbons (Fsp3) is 0.227. The lowest BCUT2D eigenvalue weighted by molar-refractivity contribution is 0.0524. The van der Waals surface area contributed by atoms with E-state index in [-0.39, 0.29) is 17.9 Å². The predicted octanol–water partition coefficient (Wildman–Crippen LogP) is 3.13. The Bertz CT molecular complexity index is 1150. The molecule has 0 atom stereocenters. The van der Waals surface area contributed by atoms with Gasteiger partial charge in [-0.2, -0.15) is 0 Å². The maximum atomic E-state index is 12.6. The number of nitrogens with zero attached hydrogens (tertiary/aromatic N) is 2. The molecule has 30 heavy (non-hydrogen) atoms.